The van der Waals surface area contributed by atoms with Gasteiger partial charge in [-0.25, -0.2) is 0 Å². The van der Waals surface area contributed by atoms with Gasteiger partial charge in [-0.1, -0.05) is 0 Å². The molecule has 1 fully saturated rings. The summed E-state index contributed by atoms with van der Waals surface area (Å²) in [4.78, 5) is 34.9. The molecule has 3 amide bonds. The molecule has 1 saturated heterocycles. The highest BCUT2D eigenvalue weighted by Crippen LogP contribution is 2.11. The van der Waals surface area contributed by atoms with E-state index in [9.17, 15) is 14.4 Å². The lowest BCUT2D eigenvalue weighted by Gasteiger charge is -2.18. The zero-order valence-corrected chi connectivity index (χ0v) is 8.87. The smallest absolute Gasteiger partial charge is 0.239 e. The molecule has 1 atom stereocenters. The van der Waals surface area contributed by atoms with Gasteiger partial charge in [0, 0.05) is 27.1 Å². The standard InChI is InChI=1S/C9H15N3O3/c1-10-8(14)5-12(2)9(15)6-3-7(13)11-4-6/h6H,3-5H2,1-2H3,(H,10,14)(H,11,13). The molecule has 1 heterocycles. The Kier molecular flexibility index (Phi) is 3.65. The van der Waals surface area contributed by atoms with Gasteiger partial charge >= 0.3 is 0 Å². The molecule has 0 aromatic rings. The maximum atomic E-state index is 11.7. The lowest BCUT2D eigenvalue weighted by Crippen LogP contribution is -2.40. The summed E-state index contributed by atoms with van der Waals surface area (Å²) < 4.78 is 0. The molecule has 1 rings (SSSR count). The molecule has 15 heavy (non-hydrogen) atoms. The average Bonchev–Trinajstić information content (AvgIpc) is 2.63. The maximum absolute atomic E-state index is 11.7. The molecule has 0 aromatic carbocycles. The molecule has 6 nitrogen and oxygen atoms in total. The van der Waals surface area contributed by atoms with Crippen molar-refractivity contribution in [3.05, 3.63) is 0 Å². The number of hydrogen-bond acceptors (Lipinski definition) is 3. The number of nitrogens with zero attached hydrogens (tertiary/aromatic N) is 1. The number of carbonyl (C=O) groups is 3. The summed E-state index contributed by atoms with van der Waals surface area (Å²) in [7, 11) is 3.07. The Morgan fingerprint density at radius 3 is 2.73 bits per heavy atom. The quantitative estimate of drug-likeness (QED) is 0.588. The van der Waals surface area contributed by atoms with Crippen molar-refractivity contribution in [2.45, 2.75) is 6.42 Å². The Morgan fingerprint density at radius 2 is 2.27 bits per heavy atom. The summed E-state index contributed by atoms with van der Waals surface area (Å²) in [5.74, 6) is -0.825. The van der Waals surface area contributed by atoms with Gasteiger partial charge in [0.05, 0.1) is 12.5 Å². The van der Waals surface area contributed by atoms with E-state index in [1.54, 1.807) is 7.05 Å². The fourth-order valence-corrected chi connectivity index (χ4v) is 1.46. The molecule has 1 aliphatic rings. The second-order valence-corrected chi connectivity index (χ2v) is 3.57. The van der Waals surface area contributed by atoms with Gasteiger partial charge in [0.15, 0.2) is 0 Å². The molecule has 6 heteroatoms. The number of rotatable bonds is 3. The number of hydrogen-bond donors (Lipinski definition) is 2. The van der Waals surface area contributed by atoms with Crippen molar-refractivity contribution < 1.29 is 14.4 Å². The van der Waals surface area contributed by atoms with Gasteiger partial charge in [-0.3, -0.25) is 14.4 Å². The van der Waals surface area contributed by atoms with Crippen molar-refractivity contribution in [1.29, 1.82) is 0 Å². The maximum Gasteiger partial charge on any atom is 0.239 e. The summed E-state index contributed by atoms with van der Waals surface area (Å²) >= 11 is 0. The molecule has 0 bridgehead atoms. The first kappa shape index (κ1) is 11.5. The van der Waals surface area contributed by atoms with Gasteiger partial charge < -0.3 is 15.5 Å². The van der Waals surface area contributed by atoms with Gasteiger partial charge in [-0.15, -0.1) is 0 Å². The number of amides is 3. The zero-order chi connectivity index (χ0) is 11.4. The van der Waals surface area contributed by atoms with Crippen LogP contribution < -0.4 is 10.6 Å². The molecular formula is C9H15N3O3. The highest BCUT2D eigenvalue weighted by Gasteiger charge is 2.30. The van der Waals surface area contributed by atoms with Crippen molar-refractivity contribution in [3.63, 3.8) is 0 Å². The van der Waals surface area contributed by atoms with Crippen LogP contribution in [0, 0.1) is 5.92 Å². The first-order chi connectivity index (χ1) is 7.04. The Morgan fingerprint density at radius 1 is 1.60 bits per heavy atom. The van der Waals surface area contributed by atoms with Gasteiger partial charge in [0.1, 0.15) is 0 Å². The number of carbonyl (C=O) groups excluding carboxylic acids is 3. The summed E-state index contributed by atoms with van der Waals surface area (Å²) in [6.45, 7) is 0.399. The lowest BCUT2D eigenvalue weighted by molar-refractivity contribution is -0.137. The lowest BCUT2D eigenvalue weighted by atomic mass is 10.1. The summed E-state index contributed by atoms with van der Waals surface area (Å²) in [6.07, 6.45) is 0.219. The first-order valence-electron chi connectivity index (χ1n) is 4.77. The third-order valence-corrected chi connectivity index (χ3v) is 2.36. The van der Waals surface area contributed by atoms with E-state index in [1.165, 1.54) is 11.9 Å². The minimum Gasteiger partial charge on any atom is -0.358 e. The van der Waals surface area contributed by atoms with Crippen molar-refractivity contribution in [2.75, 3.05) is 27.2 Å². The van der Waals surface area contributed by atoms with E-state index in [0.717, 1.165) is 0 Å². The van der Waals surface area contributed by atoms with Crippen molar-refractivity contribution in [3.8, 4) is 0 Å². The summed E-state index contributed by atoms with van der Waals surface area (Å²) in [6, 6.07) is 0. The van der Waals surface area contributed by atoms with Crippen LogP contribution in [-0.4, -0.2) is 49.8 Å². The average molecular weight is 213 g/mol. The van der Waals surface area contributed by atoms with Crippen LogP contribution in [0.1, 0.15) is 6.42 Å². The number of nitrogens with one attached hydrogen (secondary N) is 2. The van der Waals surface area contributed by atoms with Crippen LogP contribution in [0.15, 0.2) is 0 Å². The molecular weight excluding hydrogens is 198 g/mol. The van der Waals surface area contributed by atoms with E-state index < -0.39 is 0 Å². The monoisotopic (exact) mass is 213 g/mol. The van der Waals surface area contributed by atoms with Gasteiger partial charge in [0.2, 0.25) is 17.7 Å². The summed E-state index contributed by atoms with van der Waals surface area (Å²) in [5, 5.41) is 5.02. The summed E-state index contributed by atoms with van der Waals surface area (Å²) in [5.41, 5.74) is 0. The molecule has 1 unspecified atom stereocenters. The fraction of sp³-hybridized carbons (Fsp3) is 0.667. The highest BCUT2D eigenvalue weighted by molar-refractivity contribution is 5.91. The van der Waals surface area contributed by atoms with Crippen LogP contribution in [0.2, 0.25) is 0 Å². The second kappa shape index (κ2) is 4.77. The fourth-order valence-electron chi connectivity index (χ4n) is 1.46. The Bertz CT molecular complexity index is 290. The minimum absolute atomic E-state index is 0.0278. The number of likely N-dealkylation sites (N-methyl/N-ethyl adjacent to an activating group) is 2. The van der Waals surface area contributed by atoms with E-state index >= 15 is 0 Å². The zero-order valence-electron chi connectivity index (χ0n) is 8.87. The third-order valence-electron chi connectivity index (χ3n) is 2.36. The molecule has 0 radical (unpaired) electrons. The van der Waals surface area contributed by atoms with E-state index in [0.29, 0.717) is 6.54 Å². The highest BCUT2D eigenvalue weighted by atomic mass is 16.2. The predicted octanol–water partition coefficient (Wildman–Crippen LogP) is -1.67. The van der Waals surface area contributed by atoms with E-state index in [-0.39, 0.29) is 36.6 Å². The van der Waals surface area contributed by atoms with Crippen LogP contribution >= 0.6 is 0 Å². The van der Waals surface area contributed by atoms with E-state index in [4.69, 9.17) is 0 Å². The van der Waals surface area contributed by atoms with Gasteiger partial charge in [0.25, 0.3) is 0 Å². The van der Waals surface area contributed by atoms with Gasteiger partial charge in [-0.05, 0) is 0 Å². The first-order valence-corrected chi connectivity index (χ1v) is 4.77. The Balaban J connectivity index is 2.45. The topological polar surface area (TPSA) is 78.5 Å². The Labute approximate surface area is 88.0 Å². The van der Waals surface area contributed by atoms with Crippen molar-refractivity contribution in [2.24, 2.45) is 5.92 Å². The van der Waals surface area contributed by atoms with Crippen LogP contribution in [0.4, 0.5) is 0 Å². The molecule has 1 aliphatic heterocycles. The SMILES string of the molecule is CNC(=O)CN(C)C(=O)C1CNC(=O)C1. The normalized spacial score (nSPS) is 19.6. The predicted molar refractivity (Wildman–Crippen MR) is 52.8 cm³/mol. The molecule has 0 spiro atoms. The largest absolute Gasteiger partial charge is 0.358 e. The van der Waals surface area contributed by atoms with Crippen LogP contribution in [-0.2, 0) is 14.4 Å². The third kappa shape index (κ3) is 2.93. The molecule has 0 aliphatic carbocycles. The van der Waals surface area contributed by atoms with E-state index in [2.05, 4.69) is 10.6 Å². The van der Waals surface area contributed by atoms with Crippen LogP contribution in [0.25, 0.3) is 0 Å². The molecule has 0 aromatic heterocycles. The van der Waals surface area contributed by atoms with Gasteiger partial charge in [-0.2, -0.15) is 0 Å². The Hall–Kier alpha value is -1.59. The van der Waals surface area contributed by atoms with Crippen molar-refractivity contribution >= 4 is 17.7 Å². The van der Waals surface area contributed by atoms with E-state index in [1.807, 2.05) is 0 Å². The van der Waals surface area contributed by atoms with Crippen LogP contribution in [0.5, 0.6) is 0 Å². The second-order valence-electron chi connectivity index (χ2n) is 3.57. The van der Waals surface area contributed by atoms with Crippen molar-refractivity contribution in [1.82, 2.24) is 15.5 Å². The molecule has 0 saturated carbocycles. The molecule has 2 N–H and O–H groups in total. The minimum atomic E-state index is -0.327. The van der Waals surface area contributed by atoms with Crippen LogP contribution in [0.3, 0.4) is 0 Å². The molecule has 84 valence electrons.